The van der Waals surface area contributed by atoms with E-state index in [1.165, 1.54) is 0 Å². The monoisotopic (exact) mass is 247 g/mol. The first-order valence-electron chi connectivity index (χ1n) is 4.31. The van der Waals surface area contributed by atoms with Crippen LogP contribution in [0.15, 0.2) is 18.2 Å². The number of hydrogen-bond donors (Lipinski definition) is 1. The summed E-state index contributed by atoms with van der Waals surface area (Å²) >= 11 is 16.5. The largest absolute Gasteiger partial charge is 0.393 e. The summed E-state index contributed by atoms with van der Waals surface area (Å²) in [6.45, 7) is 0. The van der Waals surface area contributed by atoms with Crippen LogP contribution >= 0.6 is 35.4 Å². The standard InChI is InChI=1S/C10H11Cl2NS/c11-8-4-7(5-9(12)6-8)2-1-3-10(13)14/h4-6H,1-3H2,(H2,13,14). The van der Waals surface area contributed by atoms with Crippen molar-refractivity contribution in [2.24, 2.45) is 5.73 Å². The molecule has 1 aromatic rings. The van der Waals surface area contributed by atoms with Gasteiger partial charge in [0, 0.05) is 10.0 Å². The lowest BCUT2D eigenvalue weighted by atomic mass is 10.1. The summed E-state index contributed by atoms with van der Waals surface area (Å²) < 4.78 is 0. The third-order valence-corrected chi connectivity index (χ3v) is 2.45. The summed E-state index contributed by atoms with van der Waals surface area (Å²) in [7, 11) is 0. The third-order valence-electron chi connectivity index (χ3n) is 1.81. The van der Waals surface area contributed by atoms with E-state index in [-0.39, 0.29) is 0 Å². The summed E-state index contributed by atoms with van der Waals surface area (Å²) in [5, 5.41) is 1.34. The predicted octanol–water partition coefficient (Wildman–Crippen LogP) is 3.60. The van der Waals surface area contributed by atoms with Crippen LogP contribution < -0.4 is 5.73 Å². The van der Waals surface area contributed by atoms with Gasteiger partial charge in [-0.1, -0.05) is 35.4 Å². The molecule has 0 unspecified atom stereocenters. The van der Waals surface area contributed by atoms with Crippen molar-refractivity contribution in [3.8, 4) is 0 Å². The van der Waals surface area contributed by atoms with Gasteiger partial charge in [-0.25, -0.2) is 0 Å². The molecule has 1 aromatic carbocycles. The summed E-state index contributed by atoms with van der Waals surface area (Å²) in [6.07, 6.45) is 2.60. The second kappa shape index (κ2) is 5.54. The number of thiocarbonyl (C=S) groups is 1. The van der Waals surface area contributed by atoms with Gasteiger partial charge in [0.05, 0.1) is 4.99 Å². The van der Waals surface area contributed by atoms with Gasteiger partial charge in [-0.15, -0.1) is 0 Å². The van der Waals surface area contributed by atoms with Crippen LogP contribution in [0.25, 0.3) is 0 Å². The smallest absolute Gasteiger partial charge is 0.0727 e. The minimum atomic E-state index is 0.554. The van der Waals surface area contributed by atoms with E-state index in [4.69, 9.17) is 41.2 Å². The maximum Gasteiger partial charge on any atom is 0.0727 e. The van der Waals surface area contributed by atoms with Crippen LogP contribution in [0.3, 0.4) is 0 Å². The van der Waals surface area contributed by atoms with Crippen LogP contribution in [0.4, 0.5) is 0 Å². The first-order chi connectivity index (χ1) is 6.58. The lowest BCUT2D eigenvalue weighted by Crippen LogP contribution is -2.07. The summed E-state index contributed by atoms with van der Waals surface area (Å²) in [5.74, 6) is 0. The van der Waals surface area contributed by atoms with E-state index >= 15 is 0 Å². The molecule has 0 aliphatic rings. The van der Waals surface area contributed by atoms with Gasteiger partial charge in [-0.3, -0.25) is 0 Å². The Morgan fingerprint density at radius 1 is 1.21 bits per heavy atom. The highest BCUT2D eigenvalue weighted by Crippen LogP contribution is 2.20. The average Bonchev–Trinajstić information content (AvgIpc) is 2.01. The molecule has 0 aliphatic carbocycles. The molecule has 0 heterocycles. The topological polar surface area (TPSA) is 26.0 Å². The first kappa shape index (κ1) is 11.8. The molecule has 2 N–H and O–H groups in total. The molecule has 0 radical (unpaired) electrons. The zero-order valence-electron chi connectivity index (χ0n) is 7.59. The minimum absolute atomic E-state index is 0.554. The van der Waals surface area contributed by atoms with Crippen LogP contribution in [-0.2, 0) is 6.42 Å². The maximum absolute atomic E-state index is 5.86. The van der Waals surface area contributed by atoms with Gasteiger partial charge in [-0.05, 0) is 43.0 Å². The molecule has 0 bridgehead atoms. The Labute approximate surface area is 99.2 Å². The van der Waals surface area contributed by atoms with Crippen molar-refractivity contribution in [3.63, 3.8) is 0 Å². The van der Waals surface area contributed by atoms with Crippen molar-refractivity contribution >= 4 is 40.4 Å². The number of nitrogens with two attached hydrogens (primary N) is 1. The van der Waals surface area contributed by atoms with E-state index in [0.29, 0.717) is 15.0 Å². The first-order valence-corrected chi connectivity index (χ1v) is 5.47. The number of hydrogen-bond acceptors (Lipinski definition) is 1. The number of rotatable bonds is 4. The molecule has 1 rings (SSSR count). The SMILES string of the molecule is NC(=S)CCCc1cc(Cl)cc(Cl)c1. The molecule has 0 aliphatic heterocycles. The van der Waals surface area contributed by atoms with Gasteiger partial charge in [0.1, 0.15) is 0 Å². The number of halogens is 2. The quantitative estimate of drug-likeness (QED) is 0.824. The fourth-order valence-corrected chi connectivity index (χ4v) is 1.94. The van der Waals surface area contributed by atoms with Crippen molar-refractivity contribution in [1.29, 1.82) is 0 Å². The second-order valence-electron chi connectivity index (χ2n) is 3.10. The molecule has 14 heavy (non-hydrogen) atoms. The Balaban J connectivity index is 2.54. The van der Waals surface area contributed by atoms with Crippen LogP contribution in [0.1, 0.15) is 18.4 Å². The minimum Gasteiger partial charge on any atom is -0.393 e. The Bertz CT molecular complexity index is 319. The zero-order chi connectivity index (χ0) is 10.6. The second-order valence-corrected chi connectivity index (χ2v) is 4.49. The Kier molecular flexibility index (Phi) is 4.66. The Morgan fingerprint density at radius 2 is 1.79 bits per heavy atom. The van der Waals surface area contributed by atoms with Crippen molar-refractivity contribution in [2.75, 3.05) is 0 Å². The van der Waals surface area contributed by atoms with Crippen molar-refractivity contribution in [1.82, 2.24) is 0 Å². The Morgan fingerprint density at radius 3 is 2.29 bits per heavy atom. The molecule has 0 atom stereocenters. The highest BCUT2D eigenvalue weighted by atomic mass is 35.5. The van der Waals surface area contributed by atoms with E-state index in [1.54, 1.807) is 6.07 Å². The van der Waals surface area contributed by atoms with Gasteiger partial charge in [0.2, 0.25) is 0 Å². The summed E-state index contributed by atoms with van der Waals surface area (Å²) in [4.78, 5) is 0.554. The highest BCUT2D eigenvalue weighted by Gasteiger charge is 1.98. The molecule has 76 valence electrons. The lowest BCUT2D eigenvalue weighted by molar-refractivity contribution is 0.868. The lowest BCUT2D eigenvalue weighted by Gasteiger charge is -2.02. The molecular weight excluding hydrogens is 237 g/mol. The molecule has 0 saturated heterocycles. The van der Waals surface area contributed by atoms with E-state index in [1.807, 2.05) is 12.1 Å². The van der Waals surface area contributed by atoms with Crippen molar-refractivity contribution in [3.05, 3.63) is 33.8 Å². The van der Waals surface area contributed by atoms with Gasteiger partial charge in [-0.2, -0.15) is 0 Å². The average molecular weight is 248 g/mol. The molecule has 1 nitrogen and oxygen atoms in total. The van der Waals surface area contributed by atoms with Crippen LogP contribution in [0, 0.1) is 0 Å². The van der Waals surface area contributed by atoms with Crippen LogP contribution in [-0.4, -0.2) is 4.99 Å². The van der Waals surface area contributed by atoms with Gasteiger partial charge in [0.15, 0.2) is 0 Å². The number of aryl methyl sites for hydroxylation is 1. The van der Waals surface area contributed by atoms with Gasteiger partial charge in [0.25, 0.3) is 0 Å². The van der Waals surface area contributed by atoms with E-state index in [2.05, 4.69) is 0 Å². The van der Waals surface area contributed by atoms with Crippen LogP contribution in [0.2, 0.25) is 10.0 Å². The zero-order valence-corrected chi connectivity index (χ0v) is 9.92. The third kappa shape index (κ3) is 4.27. The van der Waals surface area contributed by atoms with E-state index < -0.39 is 0 Å². The van der Waals surface area contributed by atoms with Gasteiger partial charge >= 0.3 is 0 Å². The summed E-state index contributed by atoms with van der Waals surface area (Å²) in [5.41, 5.74) is 6.52. The van der Waals surface area contributed by atoms with Crippen molar-refractivity contribution in [2.45, 2.75) is 19.3 Å². The predicted molar refractivity (Wildman–Crippen MR) is 66.2 cm³/mol. The van der Waals surface area contributed by atoms with E-state index in [9.17, 15) is 0 Å². The summed E-state index contributed by atoms with van der Waals surface area (Å²) in [6, 6.07) is 5.54. The molecular formula is C10H11Cl2NS. The number of benzene rings is 1. The Hall–Kier alpha value is -0.310. The van der Waals surface area contributed by atoms with Gasteiger partial charge < -0.3 is 5.73 Å². The van der Waals surface area contributed by atoms with Crippen molar-refractivity contribution < 1.29 is 0 Å². The molecule has 0 saturated carbocycles. The molecule has 0 amide bonds. The normalized spacial score (nSPS) is 10.1. The molecule has 4 heteroatoms. The maximum atomic E-state index is 5.86. The fraction of sp³-hybridized carbons (Fsp3) is 0.300. The molecule has 0 fully saturated rings. The molecule has 0 spiro atoms. The fourth-order valence-electron chi connectivity index (χ4n) is 1.22. The highest BCUT2D eigenvalue weighted by molar-refractivity contribution is 7.80. The molecule has 0 aromatic heterocycles. The van der Waals surface area contributed by atoms with E-state index in [0.717, 1.165) is 24.8 Å². The van der Waals surface area contributed by atoms with Crippen LogP contribution in [0.5, 0.6) is 0 Å².